The minimum absolute atomic E-state index is 0.525. The Morgan fingerprint density at radius 2 is 1.42 bits per heavy atom. The standard InChI is InChI=1S/C10H18O6P2S/c1-10(9-6-7-19-8-9,17(11,13-2)14-3)18(12,15-4)16-5/h6-8H,1-5H3. The summed E-state index contributed by atoms with van der Waals surface area (Å²) in [7, 11) is -2.54. The number of thiophene rings is 1. The lowest BCUT2D eigenvalue weighted by Gasteiger charge is -2.37. The molecule has 0 aliphatic carbocycles. The monoisotopic (exact) mass is 328 g/mol. The van der Waals surface area contributed by atoms with Crippen LogP contribution in [-0.2, 0) is 32.1 Å². The number of rotatable bonds is 7. The van der Waals surface area contributed by atoms with Crippen molar-refractivity contribution in [1.29, 1.82) is 0 Å². The SMILES string of the molecule is COP(=O)(OC)C(C)(c1ccsc1)P(=O)(OC)OC. The Hall–Kier alpha value is -0.0000000000000000416. The molecule has 6 nitrogen and oxygen atoms in total. The van der Waals surface area contributed by atoms with Crippen molar-refractivity contribution < 1.29 is 27.2 Å². The summed E-state index contributed by atoms with van der Waals surface area (Å²) in [5.41, 5.74) is 0.525. The van der Waals surface area contributed by atoms with E-state index in [9.17, 15) is 9.13 Å². The van der Waals surface area contributed by atoms with Crippen LogP contribution in [0.25, 0.3) is 0 Å². The largest absolute Gasteiger partial charge is 0.352 e. The molecule has 0 atom stereocenters. The van der Waals surface area contributed by atoms with Gasteiger partial charge in [0.05, 0.1) is 0 Å². The first-order chi connectivity index (χ1) is 8.85. The van der Waals surface area contributed by atoms with Gasteiger partial charge in [0.25, 0.3) is 0 Å². The van der Waals surface area contributed by atoms with Gasteiger partial charge in [-0.3, -0.25) is 9.13 Å². The van der Waals surface area contributed by atoms with Gasteiger partial charge in [-0.15, -0.1) is 0 Å². The van der Waals surface area contributed by atoms with Crippen LogP contribution < -0.4 is 0 Å². The fourth-order valence-corrected chi connectivity index (χ4v) is 7.61. The predicted octanol–water partition coefficient (Wildman–Crippen LogP) is 3.89. The Morgan fingerprint density at radius 3 is 1.68 bits per heavy atom. The minimum atomic E-state index is -3.75. The highest BCUT2D eigenvalue weighted by atomic mass is 32.1. The summed E-state index contributed by atoms with van der Waals surface area (Å²) in [6.07, 6.45) is 0. The highest BCUT2D eigenvalue weighted by Gasteiger charge is 2.62. The van der Waals surface area contributed by atoms with Crippen LogP contribution in [0.5, 0.6) is 0 Å². The lowest BCUT2D eigenvalue weighted by molar-refractivity contribution is 0.229. The third-order valence-corrected chi connectivity index (χ3v) is 9.82. The molecule has 1 heterocycles. The molecule has 0 saturated heterocycles. The Bertz CT molecular complexity index is 458. The Morgan fingerprint density at radius 1 is 1.00 bits per heavy atom. The van der Waals surface area contributed by atoms with Crippen molar-refractivity contribution >= 4 is 26.5 Å². The van der Waals surface area contributed by atoms with Gasteiger partial charge in [-0.2, -0.15) is 11.3 Å². The maximum atomic E-state index is 12.9. The summed E-state index contributed by atoms with van der Waals surface area (Å²) in [6, 6.07) is 1.69. The minimum Gasteiger partial charge on any atom is -0.311 e. The van der Waals surface area contributed by atoms with Crippen molar-refractivity contribution in [1.82, 2.24) is 0 Å². The molecule has 19 heavy (non-hydrogen) atoms. The maximum Gasteiger partial charge on any atom is 0.352 e. The van der Waals surface area contributed by atoms with Gasteiger partial charge in [0.15, 0.2) is 4.90 Å². The molecular weight excluding hydrogens is 310 g/mol. The second kappa shape index (κ2) is 6.19. The van der Waals surface area contributed by atoms with Crippen LogP contribution in [0.2, 0.25) is 0 Å². The molecule has 0 amide bonds. The van der Waals surface area contributed by atoms with Gasteiger partial charge in [0.1, 0.15) is 0 Å². The van der Waals surface area contributed by atoms with E-state index in [-0.39, 0.29) is 0 Å². The predicted molar refractivity (Wildman–Crippen MR) is 74.9 cm³/mol. The van der Waals surface area contributed by atoms with Gasteiger partial charge in [-0.05, 0) is 29.3 Å². The molecule has 0 radical (unpaired) electrons. The van der Waals surface area contributed by atoms with E-state index in [1.807, 2.05) is 0 Å². The zero-order chi connectivity index (χ0) is 14.7. The zero-order valence-corrected chi connectivity index (χ0v) is 14.1. The van der Waals surface area contributed by atoms with E-state index in [1.165, 1.54) is 46.7 Å². The van der Waals surface area contributed by atoms with Crippen LogP contribution in [0.4, 0.5) is 0 Å². The van der Waals surface area contributed by atoms with Crippen molar-refractivity contribution in [3.8, 4) is 0 Å². The molecule has 0 spiro atoms. The van der Waals surface area contributed by atoms with Gasteiger partial charge < -0.3 is 18.1 Å². The van der Waals surface area contributed by atoms with Crippen molar-refractivity contribution in [3.05, 3.63) is 22.4 Å². The van der Waals surface area contributed by atoms with E-state index in [1.54, 1.807) is 16.8 Å². The second-order valence-corrected chi connectivity index (χ2v) is 10.1. The first kappa shape index (κ1) is 17.1. The van der Waals surface area contributed by atoms with Gasteiger partial charge >= 0.3 is 15.2 Å². The van der Waals surface area contributed by atoms with Crippen LogP contribution in [-0.4, -0.2) is 28.4 Å². The molecule has 9 heteroatoms. The summed E-state index contributed by atoms with van der Waals surface area (Å²) in [6.45, 7) is 1.50. The maximum absolute atomic E-state index is 12.9. The van der Waals surface area contributed by atoms with Crippen molar-refractivity contribution in [2.75, 3.05) is 28.4 Å². The molecule has 1 aromatic heterocycles. The highest BCUT2D eigenvalue weighted by molar-refractivity contribution is 7.73. The molecular formula is C10H18O6P2S. The lowest BCUT2D eigenvalue weighted by Crippen LogP contribution is -2.25. The van der Waals surface area contributed by atoms with E-state index >= 15 is 0 Å². The number of hydrogen-bond donors (Lipinski definition) is 0. The molecule has 0 fully saturated rings. The summed E-state index contributed by atoms with van der Waals surface area (Å²) < 4.78 is 45.9. The summed E-state index contributed by atoms with van der Waals surface area (Å²) >= 11 is 1.38. The Labute approximate surface area is 117 Å². The topological polar surface area (TPSA) is 71.1 Å². The average Bonchev–Trinajstić information content (AvgIpc) is 2.98. The van der Waals surface area contributed by atoms with E-state index < -0.39 is 20.1 Å². The lowest BCUT2D eigenvalue weighted by atomic mass is 10.2. The van der Waals surface area contributed by atoms with Crippen molar-refractivity contribution in [2.24, 2.45) is 0 Å². The quantitative estimate of drug-likeness (QED) is 0.707. The zero-order valence-electron chi connectivity index (χ0n) is 11.5. The van der Waals surface area contributed by atoms with E-state index in [0.717, 1.165) is 0 Å². The molecule has 0 aromatic carbocycles. The molecule has 1 aromatic rings. The van der Waals surface area contributed by atoms with Crippen LogP contribution in [0.3, 0.4) is 0 Å². The van der Waals surface area contributed by atoms with E-state index in [2.05, 4.69) is 0 Å². The fraction of sp³-hybridized carbons (Fsp3) is 0.600. The molecule has 0 aliphatic rings. The average molecular weight is 328 g/mol. The summed E-state index contributed by atoms with van der Waals surface area (Å²) in [4.78, 5) is -1.53. The van der Waals surface area contributed by atoms with E-state index in [4.69, 9.17) is 18.1 Å². The molecule has 0 saturated carbocycles. The highest BCUT2D eigenvalue weighted by Crippen LogP contribution is 2.81. The third kappa shape index (κ3) is 2.49. The van der Waals surface area contributed by atoms with Crippen molar-refractivity contribution in [2.45, 2.75) is 11.8 Å². The first-order valence-corrected chi connectivity index (χ1v) is 9.34. The van der Waals surface area contributed by atoms with Gasteiger partial charge in [0.2, 0.25) is 0 Å². The number of hydrogen-bond acceptors (Lipinski definition) is 7. The van der Waals surface area contributed by atoms with Crippen LogP contribution in [0.1, 0.15) is 12.5 Å². The van der Waals surface area contributed by atoms with Gasteiger partial charge in [-0.25, -0.2) is 0 Å². The van der Waals surface area contributed by atoms with Crippen LogP contribution in [0, 0.1) is 0 Å². The third-order valence-electron chi connectivity index (χ3n) is 3.10. The molecule has 0 aliphatic heterocycles. The molecule has 0 unspecified atom stereocenters. The fourth-order valence-electron chi connectivity index (χ4n) is 1.86. The Kier molecular flexibility index (Phi) is 5.55. The van der Waals surface area contributed by atoms with Crippen molar-refractivity contribution in [3.63, 3.8) is 0 Å². The van der Waals surface area contributed by atoms with Crippen LogP contribution >= 0.6 is 26.5 Å². The van der Waals surface area contributed by atoms with Gasteiger partial charge in [-0.1, -0.05) is 0 Å². The van der Waals surface area contributed by atoms with Gasteiger partial charge in [0, 0.05) is 28.4 Å². The Balaban J connectivity index is 3.61. The second-order valence-electron chi connectivity index (χ2n) is 3.76. The summed E-state index contributed by atoms with van der Waals surface area (Å²) in [5.74, 6) is 0. The smallest absolute Gasteiger partial charge is 0.311 e. The normalized spacial score (nSPS) is 13.7. The molecule has 0 N–H and O–H groups in total. The van der Waals surface area contributed by atoms with E-state index in [0.29, 0.717) is 5.56 Å². The first-order valence-electron chi connectivity index (χ1n) is 5.31. The molecule has 0 bridgehead atoms. The molecule has 110 valence electrons. The molecule has 1 rings (SSSR count). The summed E-state index contributed by atoms with van der Waals surface area (Å²) in [5, 5.41) is 3.49. The van der Waals surface area contributed by atoms with Crippen LogP contribution in [0.15, 0.2) is 16.8 Å².